The maximum absolute atomic E-state index is 12.8. The number of hydrogen-bond acceptors (Lipinski definition) is 10. The molecular weight excluding hydrogens is 857 g/mol. The van der Waals surface area contributed by atoms with Crippen molar-refractivity contribution in [3.05, 3.63) is 168 Å². The minimum absolute atomic E-state index is 0.324. The number of hydrogen-bond donors (Lipinski definition) is 0. The summed E-state index contributed by atoms with van der Waals surface area (Å²) in [6, 6.07) is 43.0. The fraction of sp³-hybridized carbons (Fsp3) is 0.310. The summed E-state index contributed by atoms with van der Waals surface area (Å²) in [4.78, 5) is 50.3. The Morgan fingerprint density at radius 3 is 0.941 bits per heavy atom. The van der Waals surface area contributed by atoms with Gasteiger partial charge in [-0.05, 0) is 144 Å². The Morgan fingerprint density at radius 2 is 0.618 bits per heavy atom. The second kappa shape index (κ2) is 26.2. The van der Waals surface area contributed by atoms with Crippen molar-refractivity contribution in [1.29, 1.82) is 0 Å². The van der Waals surface area contributed by atoms with Gasteiger partial charge in [-0.2, -0.15) is 0 Å². The van der Waals surface area contributed by atoms with Crippen LogP contribution in [0.2, 0.25) is 0 Å². The molecule has 0 fully saturated rings. The third-order valence-corrected chi connectivity index (χ3v) is 11.7. The number of esters is 4. The number of rotatable bonds is 25. The SMILES string of the molecule is CC[C@H](C)COC(=O)c1ccc(-c2ccc(OC(=O)c3ccc(OCCCCCCCCOc4ccc(C(=O)Oc5ccc(-c6ccc(C(=O)OC[C@@H](C)CC)cc6)cc5)cc4)cc3)cc2)cc1. The first-order chi connectivity index (χ1) is 33.1. The van der Waals surface area contributed by atoms with E-state index in [1.54, 1.807) is 97.1 Å². The fourth-order valence-electron chi connectivity index (χ4n) is 6.86. The summed E-state index contributed by atoms with van der Waals surface area (Å²) >= 11 is 0. The third-order valence-electron chi connectivity index (χ3n) is 11.7. The summed E-state index contributed by atoms with van der Waals surface area (Å²) in [6.07, 6.45) is 8.06. The average Bonchev–Trinajstić information content (AvgIpc) is 3.38. The molecule has 0 aromatic heterocycles. The van der Waals surface area contributed by atoms with E-state index >= 15 is 0 Å². The van der Waals surface area contributed by atoms with Gasteiger partial charge in [-0.3, -0.25) is 0 Å². The predicted octanol–water partition coefficient (Wildman–Crippen LogP) is 13.7. The number of benzene rings is 6. The quantitative estimate of drug-likeness (QED) is 0.0311. The number of ether oxygens (including phenoxy) is 6. The van der Waals surface area contributed by atoms with Crippen LogP contribution in [-0.2, 0) is 9.47 Å². The van der Waals surface area contributed by atoms with Gasteiger partial charge in [-0.15, -0.1) is 0 Å². The van der Waals surface area contributed by atoms with E-state index in [1.807, 2.05) is 62.4 Å². The molecule has 0 saturated carbocycles. The molecule has 6 aromatic carbocycles. The molecule has 10 nitrogen and oxygen atoms in total. The first kappa shape index (κ1) is 50.2. The molecule has 6 aromatic rings. The van der Waals surface area contributed by atoms with Crippen LogP contribution in [0.15, 0.2) is 146 Å². The molecule has 0 bridgehead atoms. The smallest absolute Gasteiger partial charge is 0.343 e. The third kappa shape index (κ3) is 15.7. The molecule has 0 unspecified atom stereocenters. The van der Waals surface area contributed by atoms with E-state index in [-0.39, 0.29) is 11.9 Å². The van der Waals surface area contributed by atoms with E-state index < -0.39 is 11.9 Å². The number of unbranched alkanes of at least 4 members (excludes halogenated alkanes) is 5. The lowest BCUT2D eigenvalue weighted by Gasteiger charge is -2.10. The molecular formula is C58H62O10. The van der Waals surface area contributed by atoms with Gasteiger partial charge in [-0.25, -0.2) is 19.2 Å². The molecule has 0 aliphatic carbocycles. The fourth-order valence-corrected chi connectivity index (χ4v) is 6.86. The van der Waals surface area contributed by atoms with Crippen molar-refractivity contribution in [2.45, 2.75) is 79.1 Å². The number of carbonyl (C=O) groups is 4. The van der Waals surface area contributed by atoms with Gasteiger partial charge in [0.25, 0.3) is 0 Å². The molecule has 0 aliphatic rings. The molecule has 0 heterocycles. The second-order valence-corrected chi connectivity index (χ2v) is 17.1. The zero-order chi connectivity index (χ0) is 48.1. The van der Waals surface area contributed by atoms with Crippen molar-refractivity contribution in [2.24, 2.45) is 11.8 Å². The molecule has 0 amide bonds. The Morgan fingerprint density at radius 1 is 0.353 bits per heavy atom. The zero-order valence-corrected chi connectivity index (χ0v) is 39.6. The van der Waals surface area contributed by atoms with Crippen LogP contribution in [0, 0.1) is 11.8 Å². The minimum Gasteiger partial charge on any atom is -0.494 e. The van der Waals surface area contributed by atoms with E-state index in [0.717, 1.165) is 73.6 Å². The number of carbonyl (C=O) groups excluding carboxylic acids is 4. The highest BCUT2D eigenvalue weighted by Crippen LogP contribution is 2.26. The molecule has 0 N–H and O–H groups in total. The Kier molecular flexibility index (Phi) is 19.4. The van der Waals surface area contributed by atoms with Crippen molar-refractivity contribution >= 4 is 23.9 Å². The molecule has 0 saturated heterocycles. The lowest BCUT2D eigenvalue weighted by Crippen LogP contribution is -2.11. The van der Waals surface area contributed by atoms with E-state index in [0.29, 0.717) is 83.5 Å². The topological polar surface area (TPSA) is 124 Å². The first-order valence-corrected chi connectivity index (χ1v) is 23.7. The summed E-state index contributed by atoms with van der Waals surface area (Å²) in [5.41, 5.74) is 5.60. The van der Waals surface area contributed by atoms with Crippen LogP contribution in [0.25, 0.3) is 22.3 Å². The van der Waals surface area contributed by atoms with Crippen molar-refractivity contribution in [1.82, 2.24) is 0 Å². The van der Waals surface area contributed by atoms with Crippen LogP contribution in [0.1, 0.15) is 120 Å². The molecule has 2 atom stereocenters. The monoisotopic (exact) mass is 918 g/mol. The first-order valence-electron chi connectivity index (χ1n) is 23.7. The van der Waals surface area contributed by atoms with Crippen LogP contribution >= 0.6 is 0 Å². The average molecular weight is 919 g/mol. The van der Waals surface area contributed by atoms with E-state index in [9.17, 15) is 19.2 Å². The van der Waals surface area contributed by atoms with Gasteiger partial charge in [0.15, 0.2) is 0 Å². The van der Waals surface area contributed by atoms with Crippen LogP contribution in [0.5, 0.6) is 23.0 Å². The predicted molar refractivity (Wildman–Crippen MR) is 265 cm³/mol. The Hall–Kier alpha value is -7.20. The summed E-state index contributed by atoms with van der Waals surface area (Å²) in [6.45, 7) is 10.2. The van der Waals surface area contributed by atoms with Crippen molar-refractivity contribution in [3.8, 4) is 45.3 Å². The molecule has 0 aliphatic heterocycles. The van der Waals surface area contributed by atoms with Gasteiger partial charge in [0.05, 0.1) is 48.7 Å². The van der Waals surface area contributed by atoms with E-state index in [1.165, 1.54) is 0 Å². The van der Waals surface area contributed by atoms with Gasteiger partial charge in [0.2, 0.25) is 0 Å². The maximum atomic E-state index is 12.8. The summed E-state index contributed by atoms with van der Waals surface area (Å²) in [5, 5.41) is 0. The molecule has 0 spiro atoms. The normalized spacial score (nSPS) is 11.8. The highest BCUT2D eigenvalue weighted by molar-refractivity contribution is 5.93. The maximum Gasteiger partial charge on any atom is 0.343 e. The zero-order valence-electron chi connectivity index (χ0n) is 39.6. The molecule has 6 rings (SSSR count). The Bertz CT molecular complexity index is 2320. The van der Waals surface area contributed by atoms with Crippen LogP contribution in [0.4, 0.5) is 0 Å². The van der Waals surface area contributed by atoms with Crippen LogP contribution in [-0.4, -0.2) is 50.3 Å². The summed E-state index contributed by atoms with van der Waals surface area (Å²) < 4.78 is 33.8. The van der Waals surface area contributed by atoms with Gasteiger partial charge in [0, 0.05) is 0 Å². The molecule has 68 heavy (non-hydrogen) atoms. The van der Waals surface area contributed by atoms with E-state index in [2.05, 4.69) is 13.8 Å². The highest BCUT2D eigenvalue weighted by Gasteiger charge is 2.14. The second-order valence-electron chi connectivity index (χ2n) is 17.1. The van der Waals surface area contributed by atoms with E-state index in [4.69, 9.17) is 28.4 Å². The van der Waals surface area contributed by atoms with Gasteiger partial charge in [-0.1, -0.05) is 115 Å². The highest BCUT2D eigenvalue weighted by atomic mass is 16.5. The summed E-state index contributed by atoms with van der Waals surface area (Å²) in [5.74, 6) is 1.36. The Balaban J connectivity index is 0.798. The Labute approximate surface area is 400 Å². The van der Waals surface area contributed by atoms with Crippen molar-refractivity contribution in [2.75, 3.05) is 26.4 Å². The molecule has 10 heteroatoms. The van der Waals surface area contributed by atoms with Gasteiger partial charge < -0.3 is 28.4 Å². The van der Waals surface area contributed by atoms with Crippen LogP contribution < -0.4 is 18.9 Å². The summed E-state index contributed by atoms with van der Waals surface area (Å²) in [7, 11) is 0. The van der Waals surface area contributed by atoms with Gasteiger partial charge >= 0.3 is 23.9 Å². The largest absolute Gasteiger partial charge is 0.494 e. The molecule has 354 valence electrons. The standard InChI is InChI=1S/C58H62O10/c1-5-41(3)39-65-55(59)47-17-13-43(14-18-47)45-21-33-53(34-22-45)67-57(61)49-25-29-51(30-26-49)63-37-11-9-7-8-10-12-38-64-52-31-27-50(28-32-52)58(62)68-54-35-23-46(24-36-54)44-15-19-48(20-16-44)56(60)66-40-42(4)6-2/h13-36,41-42H,5-12,37-40H2,1-4H3/t41-,42-/m0/s1. The van der Waals surface area contributed by atoms with Crippen molar-refractivity contribution < 1.29 is 47.6 Å². The minimum atomic E-state index is -0.454. The van der Waals surface area contributed by atoms with Gasteiger partial charge in [0.1, 0.15) is 23.0 Å². The lowest BCUT2D eigenvalue weighted by atomic mass is 10.0. The van der Waals surface area contributed by atoms with Crippen molar-refractivity contribution in [3.63, 3.8) is 0 Å². The molecule has 0 radical (unpaired) electrons. The lowest BCUT2D eigenvalue weighted by molar-refractivity contribution is 0.0438. The van der Waals surface area contributed by atoms with Crippen LogP contribution in [0.3, 0.4) is 0 Å².